The Morgan fingerprint density at radius 1 is 1.21 bits per heavy atom. The Morgan fingerprint density at radius 3 is 2.54 bits per heavy atom. The van der Waals surface area contributed by atoms with E-state index in [1.54, 1.807) is 17.5 Å². The number of anilines is 1. The number of carbonyl (C=O) groups is 1. The second-order valence-electron chi connectivity index (χ2n) is 5.82. The molecule has 0 saturated heterocycles. The third kappa shape index (κ3) is 4.66. The van der Waals surface area contributed by atoms with Crippen LogP contribution in [0.3, 0.4) is 0 Å². The van der Waals surface area contributed by atoms with E-state index in [0.29, 0.717) is 5.69 Å². The first kappa shape index (κ1) is 18.6. The molecule has 1 atom stereocenters. The van der Waals surface area contributed by atoms with Gasteiger partial charge in [-0.2, -0.15) is 4.72 Å². The van der Waals surface area contributed by atoms with E-state index >= 15 is 0 Å². The minimum atomic E-state index is -3.70. The second kappa shape index (κ2) is 7.92. The Balaban J connectivity index is 2.16. The Morgan fingerprint density at radius 2 is 1.96 bits per heavy atom. The molecule has 130 valence electrons. The monoisotopic (exact) mass is 366 g/mol. The van der Waals surface area contributed by atoms with Crippen LogP contribution >= 0.6 is 11.3 Å². The molecule has 0 aliphatic heterocycles. The van der Waals surface area contributed by atoms with Gasteiger partial charge in [0.05, 0.1) is 0 Å². The summed E-state index contributed by atoms with van der Waals surface area (Å²) in [5.74, 6) is -0.549. The minimum Gasteiger partial charge on any atom is -0.325 e. The molecule has 5 nitrogen and oxygen atoms in total. The van der Waals surface area contributed by atoms with Crippen molar-refractivity contribution in [1.82, 2.24) is 4.72 Å². The van der Waals surface area contributed by atoms with Gasteiger partial charge in [0.25, 0.3) is 10.0 Å². The van der Waals surface area contributed by atoms with Crippen LogP contribution in [-0.4, -0.2) is 20.4 Å². The summed E-state index contributed by atoms with van der Waals surface area (Å²) in [6, 6.07) is 9.88. The van der Waals surface area contributed by atoms with E-state index in [-0.39, 0.29) is 16.0 Å². The summed E-state index contributed by atoms with van der Waals surface area (Å²) in [6.07, 6.45) is 0.863. The molecule has 0 aliphatic rings. The van der Waals surface area contributed by atoms with Crippen LogP contribution < -0.4 is 10.0 Å². The van der Waals surface area contributed by atoms with Gasteiger partial charge in [0.2, 0.25) is 5.91 Å². The quantitative estimate of drug-likeness (QED) is 0.790. The van der Waals surface area contributed by atoms with Crippen molar-refractivity contribution in [3.63, 3.8) is 0 Å². The number of sulfonamides is 1. The van der Waals surface area contributed by atoms with Gasteiger partial charge in [0.15, 0.2) is 0 Å². The third-order valence-electron chi connectivity index (χ3n) is 3.59. The molecule has 0 spiro atoms. The van der Waals surface area contributed by atoms with Crippen LogP contribution in [0.15, 0.2) is 46.0 Å². The molecule has 1 amide bonds. The molecular weight excluding hydrogens is 344 g/mol. The summed E-state index contributed by atoms with van der Waals surface area (Å²) in [7, 11) is -3.70. The number of hydrogen-bond acceptors (Lipinski definition) is 4. The fourth-order valence-corrected chi connectivity index (χ4v) is 4.58. The molecule has 0 saturated carbocycles. The Labute approximate surface area is 147 Å². The van der Waals surface area contributed by atoms with E-state index in [2.05, 4.69) is 10.0 Å². The van der Waals surface area contributed by atoms with Crippen LogP contribution in [0.1, 0.15) is 26.3 Å². The van der Waals surface area contributed by atoms with Crippen molar-refractivity contribution in [2.24, 2.45) is 5.92 Å². The van der Waals surface area contributed by atoms with Gasteiger partial charge in [-0.1, -0.05) is 39.0 Å². The second-order valence-corrected chi connectivity index (χ2v) is 8.71. The first-order valence-electron chi connectivity index (χ1n) is 7.79. The first-order valence-corrected chi connectivity index (χ1v) is 10.2. The lowest BCUT2D eigenvalue weighted by Gasteiger charge is -2.21. The number of amides is 1. The molecule has 0 radical (unpaired) electrons. The largest absolute Gasteiger partial charge is 0.325 e. The standard InChI is InChI=1S/C17H22N2O3S2/c1-4-13-7-5-8-14(11-13)18-17(20)16(12(2)3)19-24(21,22)15-9-6-10-23-15/h5-12,16,19H,4H2,1-3H3,(H,18,20)/t16-/m0/s1. The number of nitrogens with one attached hydrogen (secondary N) is 2. The van der Waals surface area contributed by atoms with Crippen molar-refractivity contribution < 1.29 is 13.2 Å². The number of aryl methyl sites for hydroxylation is 1. The summed E-state index contributed by atoms with van der Waals surface area (Å²) < 4.78 is 27.5. The first-order chi connectivity index (χ1) is 11.3. The molecule has 24 heavy (non-hydrogen) atoms. The van der Waals surface area contributed by atoms with Gasteiger partial charge in [0, 0.05) is 5.69 Å². The highest BCUT2D eigenvalue weighted by Crippen LogP contribution is 2.18. The van der Waals surface area contributed by atoms with Gasteiger partial charge in [0.1, 0.15) is 10.3 Å². The van der Waals surface area contributed by atoms with Gasteiger partial charge in [-0.3, -0.25) is 4.79 Å². The predicted molar refractivity (Wildman–Crippen MR) is 97.7 cm³/mol. The van der Waals surface area contributed by atoms with Crippen LogP contribution in [0, 0.1) is 5.92 Å². The fraction of sp³-hybridized carbons (Fsp3) is 0.353. The van der Waals surface area contributed by atoms with Crippen molar-refractivity contribution in [2.75, 3.05) is 5.32 Å². The topological polar surface area (TPSA) is 75.3 Å². The average molecular weight is 367 g/mol. The van der Waals surface area contributed by atoms with Crippen LogP contribution in [0.5, 0.6) is 0 Å². The van der Waals surface area contributed by atoms with Gasteiger partial charge < -0.3 is 5.32 Å². The zero-order chi connectivity index (χ0) is 17.7. The molecule has 1 heterocycles. The molecule has 0 aliphatic carbocycles. The lowest BCUT2D eigenvalue weighted by atomic mass is 10.0. The molecule has 2 N–H and O–H groups in total. The van der Waals surface area contributed by atoms with E-state index in [0.717, 1.165) is 23.3 Å². The van der Waals surface area contributed by atoms with Gasteiger partial charge >= 0.3 is 0 Å². The van der Waals surface area contributed by atoms with E-state index in [9.17, 15) is 13.2 Å². The molecule has 2 aromatic rings. The summed E-state index contributed by atoms with van der Waals surface area (Å²) in [5, 5.41) is 4.49. The zero-order valence-electron chi connectivity index (χ0n) is 13.9. The van der Waals surface area contributed by atoms with Crippen LogP contribution in [0.25, 0.3) is 0 Å². The van der Waals surface area contributed by atoms with Crippen molar-refractivity contribution in [3.05, 3.63) is 47.3 Å². The van der Waals surface area contributed by atoms with Crippen molar-refractivity contribution in [1.29, 1.82) is 0 Å². The summed E-state index contributed by atoms with van der Waals surface area (Å²) in [4.78, 5) is 12.6. The number of thiophene rings is 1. The number of rotatable bonds is 7. The van der Waals surface area contributed by atoms with Crippen LogP contribution in [0.4, 0.5) is 5.69 Å². The molecule has 0 unspecified atom stereocenters. The van der Waals surface area contributed by atoms with Crippen molar-refractivity contribution >= 4 is 33.0 Å². The minimum absolute atomic E-state index is 0.186. The molecule has 1 aromatic heterocycles. The molecular formula is C17H22N2O3S2. The van der Waals surface area contributed by atoms with Crippen molar-refractivity contribution in [2.45, 2.75) is 37.4 Å². The van der Waals surface area contributed by atoms with Crippen molar-refractivity contribution in [3.8, 4) is 0 Å². The van der Waals surface area contributed by atoms with Crippen LogP contribution in [0.2, 0.25) is 0 Å². The average Bonchev–Trinajstić information content (AvgIpc) is 3.08. The fourth-order valence-electron chi connectivity index (χ4n) is 2.22. The van der Waals surface area contributed by atoms with Gasteiger partial charge in [-0.25, -0.2) is 8.42 Å². The lowest BCUT2D eigenvalue weighted by molar-refractivity contribution is -0.118. The number of carbonyl (C=O) groups excluding carboxylic acids is 1. The molecule has 0 fully saturated rings. The van der Waals surface area contributed by atoms with E-state index < -0.39 is 16.1 Å². The Hall–Kier alpha value is -1.70. The zero-order valence-corrected chi connectivity index (χ0v) is 15.6. The highest BCUT2D eigenvalue weighted by molar-refractivity contribution is 7.91. The van der Waals surface area contributed by atoms with E-state index in [4.69, 9.17) is 0 Å². The smallest absolute Gasteiger partial charge is 0.250 e. The summed E-state index contributed by atoms with van der Waals surface area (Å²) >= 11 is 1.12. The van der Waals surface area contributed by atoms with Crippen LogP contribution in [-0.2, 0) is 21.2 Å². The summed E-state index contributed by atoms with van der Waals surface area (Å²) in [6.45, 7) is 5.65. The maximum Gasteiger partial charge on any atom is 0.250 e. The Kier molecular flexibility index (Phi) is 6.15. The molecule has 0 bridgehead atoms. The van der Waals surface area contributed by atoms with E-state index in [1.165, 1.54) is 6.07 Å². The normalized spacial score (nSPS) is 13.0. The number of benzene rings is 1. The molecule has 7 heteroatoms. The number of hydrogen-bond donors (Lipinski definition) is 2. The Bertz CT molecular complexity index is 784. The highest BCUT2D eigenvalue weighted by atomic mass is 32.2. The van der Waals surface area contributed by atoms with E-state index in [1.807, 2.05) is 39.0 Å². The maximum atomic E-state index is 12.6. The maximum absolute atomic E-state index is 12.6. The predicted octanol–water partition coefficient (Wildman–Crippen LogP) is 3.25. The summed E-state index contributed by atoms with van der Waals surface area (Å²) in [5.41, 5.74) is 1.77. The van der Waals surface area contributed by atoms with Gasteiger partial charge in [-0.15, -0.1) is 11.3 Å². The third-order valence-corrected chi connectivity index (χ3v) is 6.43. The highest BCUT2D eigenvalue weighted by Gasteiger charge is 2.28. The van der Waals surface area contributed by atoms with Gasteiger partial charge in [-0.05, 0) is 41.5 Å². The molecule has 1 aromatic carbocycles. The SMILES string of the molecule is CCc1cccc(NC(=O)[C@@H](NS(=O)(=O)c2cccs2)C(C)C)c1. The lowest BCUT2D eigenvalue weighted by Crippen LogP contribution is -2.46. The molecule has 2 rings (SSSR count).